The molecule has 0 fully saturated rings. The molecule has 0 saturated heterocycles. The van der Waals surface area contributed by atoms with Crippen LogP contribution in [0.3, 0.4) is 0 Å². The van der Waals surface area contributed by atoms with Crippen LogP contribution in [0.4, 0.5) is 5.69 Å². The topological polar surface area (TPSA) is 77.5 Å². The number of hydrogen-bond acceptors (Lipinski definition) is 5. The maximum Gasteiger partial charge on any atom is 0.270 e. The van der Waals surface area contributed by atoms with Gasteiger partial charge >= 0.3 is 0 Å². The SMILES string of the molecule is CCCn1c(=NC(=O)CSc2ccccc2)sc2cc([N+](=O)[O-])ccc21. The minimum absolute atomic E-state index is 0.0416. The number of rotatable bonds is 6. The van der Waals surface area contributed by atoms with Crippen molar-refractivity contribution >= 4 is 44.9 Å². The Labute approximate surface area is 158 Å². The molecule has 0 radical (unpaired) electrons. The van der Waals surface area contributed by atoms with Crippen LogP contribution in [0.2, 0.25) is 0 Å². The number of non-ortho nitro benzene ring substituents is 1. The van der Waals surface area contributed by atoms with Gasteiger partial charge in [0, 0.05) is 23.6 Å². The quantitative estimate of drug-likeness (QED) is 0.360. The van der Waals surface area contributed by atoms with Crippen molar-refractivity contribution in [1.29, 1.82) is 0 Å². The molecule has 134 valence electrons. The van der Waals surface area contributed by atoms with Gasteiger partial charge in [0.25, 0.3) is 11.6 Å². The molecule has 26 heavy (non-hydrogen) atoms. The van der Waals surface area contributed by atoms with Crippen molar-refractivity contribution in [3.8, 4) is 0 Å². The molecule has 0 spiro atoms. The number of aromatic nitrogens is 1. The molecule has 0 N–H and O–H groups in total. The Morgan fingerprint density at radius 1 is 1.27 bits per heavy atom. The van der Waals surface area contributed by atoms with Crippen molar-refractivity contribution in [2.75, 3.05) is 5.75 Å². The Morgan fingerprint density at radius 3 is 2.73 bits per heavy atom. The molecule has 3 rings (SSSR count). The summed E-state index contributed by atoms with van der Waals surface area (Å²) in [5, 5.41) is 11.0. The van der Waals surface area contributed by atoms with Crippen LogP contribution in [0.25, 0.3) is 10.2 Å². The van der Waals surface area contributed by atoms with Gasteiger partial charge in [0.05, 0.1) is 20.9 Å². The predicted octanol–water partition coefficient (Wildman–Crippen LogP) is 4.24. The molecule has 3 aromatic rings. The molecule has 0 bridgehead atoms. The van der Waals surface area contributed by atoms with E-state index in [1.807, 2.05) is 41.8 Å². The largest absolute Gasteiger partial charge is 0.316 e. The number of nitrogens with zero attached hydrogens (tertiary/aromatic N) is 3. The number of nitro benzene ring substituents is 1. The molecule has 1 amide bonds. The monoisotopic (exact) mass is 387 g/mol. The van der Waals surface area contributed by atoms with Crippen LogP contribution in [0.15, 0.2) is 58.4 Å². The summed E-state index contributed by atoms with van der Waals surface area (Å²) in [5.74, 6) is 0.0367. The van der Waals surface area contributed by atoms with Crippen LogP contribution in [0.5, 0.6) is 0 Å². The molecule has 0 atom stereocenters. The molecule has 0 aliphatic carbocycles. The number of thioether (sulfide) groups is 1. The Balaban J connectivity index is 1.91. The second-order valence-corrected chi connectivity index (χ2v) is 7.61. The van der Waals surface area contributed by atoms with Gasteiger partial charge in [-0.3, -0.25) is 14.9 Å². The third-order valence-electron chi connectivity index (χ3n) is 3.65. The van der Waals surface area contributed by atoms with E-state index in [0.29, 0.717) is 11.3 Å². The van der Waals surface area contributed by atoms with Gasteiger partial charge < -0.3 is 4.57 Å². The molecular weight excluding hydrogens is 370 g/mol. The summed E-state index contributed by atoms with van der Waals surface area (Å²) in [6.07, 6.45) is 0.878. The Bertz CT molecular complexity index is 1010. The van der Waals surface area contributed by atoms with E-state index < -0.39 is 4.92 Å². The lowest BCUT2D eigenvalue weighted by atomic mass is 10.3. The lowest BCUT2D eigenvalue weighted by Crippen LogP contribution is -2.17. The van der Waals surface area contributed by atoms with Gasteiger partial charge in [-0.15, -0.1) is 11.8 Å². The molecule has 1 heterocycles. The van der Waals surface area contributed by atoms with Crippen LogP contribution in [-0.2, 0) is 11.3 Å². The minimum atomic E-state index is -0.415. The molecule has 2 aromatic carbocycles. The summed E-state index contributed by atoms with van der Waals surface area (Å²) >= 11 is 2.75. The smallest absolute Gasteiger partial charge is 0.270 e. The molecule has 0 unspecified atom stereocenters. The van der Waals surface area contributed by atoms with Crippen LogP contribution in [-0.4, -0.2) is 21.2 Å². The van der Waals surface area contributed by atoms with Crippen molar-refractivity contribution in [3.63, 3.8) is 0 Å². The van der Waals surface area contributed by atoms with Gasteiger partial charge in [-0.2, -0.15) is 4.99 Å². The highest BCUT2D eigenvalue weighted by molar-refractivity contribution is 8.00. The summed E-state index contributed by atoms with van der Waals surface area (Å²) < 4.78 is 2.71. The van der Waals surface area contributed by atoms with Gasteiger partial charge in [0.1, 0.15) is 0 Å². The molecule has 0 aliphatic heterocycles. The Kier molecular flexibility index (Phi) is 5.85. The zero-order valence-electron chi connectivity index (χ0n) is 14.1. The average molecular weight is 387 g/mol. The van der Waals surface area contributed by atoms with Gasteiger partial charge in [0.2, 0.25) is 0 Å². The zero-order chi connectivity index (χ0) is 18.5. The van der Waals surface area contributed by atoms with Gasteiger partial charge in [-0.25, -0.2) is 0 Å². The Hall–Kier alpha value is -2.45. The highest BCUT2D eigenvalue weighted by Crippen LogP contribution is 2.23. The van der Waals surface area contributed by atoms with Crippen molar-refractivity contribution in [2.24, 2.45) is 4.99 Å². The zero-order valence-corrected chi connectivity index (χ0v) is 15.8. The first-order chi connectivity index (χ1) is 12.6. The standard InChI is InChI=1S/C18H17N3O3S2/c1-2-10-20-15-9-8-13(21(23)24)11-16(15)26-18(20)19-17(22)12-25-14-6-4-3-5-7-14/h3-9,11H,2,10,12H2,1H3. The maximum absolute atomic E-state index is 12.3. The summed E-state index contributed by atoms with van der Waals surface area (Å²) in [4.78, 5) is 28.7. The third-order valence-corrected chi connectivity index (χ3v) is 5.69. The highest BCUT2D eigenvalue weighted by Gasteiger charge is 2.12. The number of benzene rings is 2. The summed E-state index contributed by atoms with van der Waals surface area (Å²) in [6, 6.07) is 14.4. The fourth-order valence-corrected chi connectivity index (χ4v) is 4.31. The van der Waals surface area contributed by atoms with Gasteiger partial charge in [-0.1, -0.05) is 36.5 Å². The lowest BCUT2D eigenvalue weighted by molar-refractivity contribution is -0.384. The molecule has 8 heteroatoms. The average Bonchev–Trinajstić information content (AvgIpc) is 2.97. The van der Waals surface area contributed by atoms with E-state index in [9.17, 15) is 14.9 Å². The van der Waals surface area contributed by atoms with E-state index in [1.54, 1.807) is 6.07 Å². The van der Waals surface area contributed by atoms with Crippen molar-refractivity contribution in [2.45, 2.75) is 24.8 Å². The van der Waals surface area contributed by atoms with E-state index in [-0.39, 0.29) is 17.3 Å². The van der Waals surface area contributed by atoms with Crippen LogP contribution in [0, 0.1) is 10.1 Å². The van der Waals surface area contributed by atoms with Crippen LogP contribution < -0.4 is 4.80 Å². The predicted molar refractivity (Wildman–Crippen MR) is 104 cm³/mol. The Morgan fingerprint density at radius 2 is 2.04 bits per heavy atom. The van der Waals surface area contributed by atoms with E-state index in [1.165, 1.54) is 35.2 Å². The second kappa shape index (κ2) is 8.29. The second-order valence-electron chi connectivity index (χ2n) is 5.55. The first-order valence-electron chi connectivity index (χ1n) is 8.11. The minimum Gasteiger partial charge on any atom is -0.316 e. The van der Waals surface area contributed by atoms with Gasteiger partial charge in [0.15, 0.2) is 4.80 Å². The highest BCUT2D eigenvalue weighted by atomic mass is 32.2. The van der Waals surface area contributed by atoms with E-state index in [0.717, 1.165) is 21.5 Å². The number of aryl methyl sites for hydroxylation is 1. The number of thiazole rings is 1. The summed E-state index contributed by atoms with van der Waals surface area (Å²) in [5.41, 5.74) is 0.907. The van der Waals surface area contributed by atoms with Gasteiger partial charge in [-0.05, 0) is 24.6 Å². The molecule has 6 nitrogen and oxygen atoms in total. The van der Waals surface area contributed by atoms with Crippen molar-refractivity contribution in [3.05, 3.63) is 63.4 Å². The first kappa shape index (κ1) is 18.3. The summed E-state index contributed by atoms with van der Waals surface area (Å²) in [7, 11) is 0. The van der Waals surface area contributed by atoms with Crippen molar-refractivity contribution in [1.82, 2.24) is 4.57 Å². The number of carbonyl (C=O) groups is 1. The molecular formula is C18H17N3O3S2. The molecule has 0 aliphatic rings. The number of amides is 1. The third kappa shape index (κ3) is 4.20. The fraction of sp³-hybridized carbons (Fsp3) is 0.222. The van der Waals surface area contributed by atoms with E-state index >= 15 is 0 Å². The number of fused-ring (bicyclic) bond motifs is 1. The lowest BCUT2D eigenvalue weighted by Gasteiger charge is -2.02. The summed E-state index contributed by atoms with van der Waals surface area (Å²) in [6.45, 7) is 2.74. The van der Waals surface area contributed by atoms with E-state index in [2.05, 4.69) is 4.99 Å². The van der Waals surface area contributed by atoms with Crippen LogP contribution in [0.1, 0.15) is 13.3 Å². The number of hydrogen-bond donors (Lipinski definition) is 0. The molecule has 1 aromatic heterocycles. The first-order valence-corrected chi connectivity index (χ1v) is 9.92. The van der Waals surface area contributed by atoms with Crippen LogP contribution >= 0.6 is 23.1 Å². The maximum atomic E-state index is 12.3. The number of carbonyl (C=O) groups excluding carboxylic acids is 1. The fourth-order valence-electron chi connectivity index (χ4n) is 2.50. The van der Waals surface area contributed by atoms with Crippen molar-refractivity contribution < 1.29 is 9.72 Å². The normalized spacial score (nSPS) is 11.8. The number of nitro groups is 1. The molecule has 0 saturated carbocycles. The van der Waals surface area contributed by atoms with E-state index in [4.69, 9.17) is 0 Å².